The van der Waals surface area contributed by atoms with Gasteiger partial charge in [-0.25, -0.2) is 0 Å². The summed E-state index contributed by atoms with van der Waals surface area (Å²) in [5, 5.41) is 37.8. The Morgan fingerprint density at radius 1 is 1.21 bits per heavy atom. The minimum atomic E-state index is -1.38. The Kier molecular flexibility index (Phi) is 12.4. The number of ether oxygens (including phenoxy) is 1. The van der Waals surface area contributed by atoms with Crippen LogP contribution in [0, 0.1) is 5.92 Å². The van der Waals surface area contributed by atoms with Gasteiger partial charge in [0.25, 0.3) is 0 Å². The van der Waals surface area contributed by atoms with Crippen LogP contribution in [0.4, 0.5) is 0 Å². The van der Waals surface area contributed by atoms with E-state index in [0.29, 0.717) is 12.8 Å². The molecule has 4 unspecified atom stereocenters. The number of carbonyl (C=O) groups is 1. The second-order valence-electron chi connectivity index (χ2n) is 5.99. The van der Waals surface area contributed by atoms with Gasteiger partial charge in [0.1, 0.15) is 12.4 Å². The fourth-order valence-corrected chi connectivity index (χ4v) is 2.53. The number of aliphatic hydroxyl groups excluding tert-OH is 3. The Morgan fingerprint density at radius 2 is 1.79 bits per heavy atom. The first kappa shape index (κ1) is 22.8. The lowest BCUT2D eigenvalue weighted by Gasteiger charge is -2.29. The smallest absolute Gasteiger partial charge is 0.309 e. The summed E-state index contributed by atoms with van der Waals surface area (Å²) >= 11 is 0. The highest BCUT2D eigenvalue weighted by molar-refractivity contribution is 5.72. The Labute approximate surface area is 143 Å². The molecule has 0 aliphatic rings. The normalized spacial score (nSPS) is 16.8. The number of hydrogen-bond acceptors (Lipinski definition) is 7. The molecule has 0 spiro atoms. The van der Waals surface area contributed by atoms with Gasteiger partial charge in [0.05, 0.1) is 24.7 Å². The first-order chi connectivity index (χ1) is 11.4. The molecule has 0 amide bonds. The molecule has 4 atom stereocenters. The van der Waals surface area contributed by atoms with Crippen LogP contribution in [0.15, 0.2) is 4.99 Å². The molecular weight excluding hydrogens is 316 g/mol. The number of aliphatic hydroxyl groups is 3. The Morgan fingerprint density at radius 3 is 2.25 bits per heavy atom. The number of aliphatic imine (C=N–C) groups is 1. The summed E-state index contributed by atoms with van der Waals surface area (Å²) in [6.07, 6.45) is 0.384. The fraction of sp³-hybridized carbons (Fsp3) is 0.875. The van der Waals surface area contributed by atoms with Crippen molar-refractivity contribution in [3.05, 3.63) is 0 Å². The van der Waals surface area contributed by atoms with Crippen molar-refractivity contribution in [1.29, 1.82) is 0 Å². The maximum atomic E-state index is 12.3. The molecule has 5 N–H and O–H groups in total. The predicted octanol–water partition coefficient (Wildman–Crippen LogP) is 0.614. The monoisotopic (exact) mass is 348 g/mol. The summed E-state index contributed by atoms with van der Waals surface area (Å²) in [4.78, 5) is 16.2. The van der Waals surface area contributed by atoms with Crippen LogP contribution in [-0.4, -0.2) is 63.8 Å². The van der Waals surface area contributed by atoms with E-state index in [0.717, 1.165) is 19.2 Å². The summed E-state index contributed by atoms with van der Waals surface area (Å²) in [7, 11) is 0. The van der Waals surface area contributed by atoms with E-state index in [2.05, 4.69) is 4.99 Å². The van der Waals surface area contributed by atoms with Gasteiger partial charge < -0.3 is 20.1 Å². The quantitative estimate of drug-likeness (QED) is 0.143. The molecular formula is C16H32N2O6. The molecule has 0 aromatic rings. The van der Waals surface area contributed by atoms with Crippen molar-refractivity contribution in [2.45, 2.75) is 77.2 Å². The molecule has 0 aromatic heterocycles. The van der Waals surface area contributed by atoms with Crippen molar-refractivity contribution in [2.24, 2.45) is 10.9 Å². The Balaban J connectivity index is 4.92. The molecule has 0 heterocycles. The zero-order valence-corrected chi connectivity index (χ0v) is 14.8. The maximum Gasteiger partial charge on any atom is 0.309 e. The van der Waals surface area contributed by atoms with E-state index in [1.54, 1.807) is 12.4 Å². The fourth-order valence-electron chi connectivity index (χ4n) is 2.53. The lowest BCUT2D eigenvalue weighted by molar-refractivity contribution is -0.172. The molecule has 0 bridgehead atoms. The molecule has 8 nitrogen and oxygen atoms in total. The molecule has 0 aliphatic carbocycles. The predicted molar refractivity (Wildman–Crippen MR) is 89.8 cm³/mol. The number of esters is 1. The molecule has 8 heteroatoms. The van der Waals surface area contributed by atoms with Gasteiger partial charge in [-0.05, 0) is 26.2 Å². The number of carbonyl (C=O) groups excluding carboxylic acids is 1. The standard InChI is InChI=1S/C16H32N2O6/c1-4-6-12(7-5-2)16(22)24-15(14(21)9-19)13(20)8-11(3)17-10-18-23/h10-15,19-21,23H,4-9H2,1-3H3,(H,17,18). The first-order valence-electron chi connectivity index (χ1n) is 8.49. The third-order valence-electron chi connectivity index (χ3n) is 3.77. The lowest BCUT2D eigenvalue weighted by Crippen LogP contribution is -2.45. The van der Waals surface area contributed by atoms with Gasteiger partial charge in [0, 0.05) is 0 Å². The summed E-state index contributed by atoms with van der Waals surface area (Å²) in [5.74, 6) is -0.752. The summed E-state index contributed by atoms with van der Waals surface area (Å²) in [6, 6.07) is -0.381. The third-order valence-corrected chi connectivity index (χ3v) is 3.77. The highest BCUT2D eigenvalue weighted by Crippen LogP contribution is 2.20. The van der Waals surface area contributed by atoms with Gasteiger partial charge in [0.15, 0.2) is 6.10 Å². The lowest BCUT2D eigenvalue weighted by atomic mass is 9.97. The molecule has 24 heavy (non-hydrogen) atoms. The van der Waals surface area contributed by atoms with E-state index in [1.807, 2.05) is 13.8 Å². The Hall–Kier alpha value is -1.22. The van der Waals surface area contributed by atoms with Crippen molar-refractivity contribution in [1.82, 2.24) is 5.48 Å². The first-order valence-corrected chi connectivity index (χ1v) is 8.49. The second kappa shape index (κ2) is 13.1. The molecule has 0 aromatic carbocycles. The van der Waals surface area contributed by atoms with Gasteiger partial charge >= 0.3 is 5.97 Å². The van der Waals surface area contributed by atoms with Crippen LogP contribution in [0.1, 0.15) is 52.9 Å². The number of hydroxylamine groups is 1. The SMILES string of the molecule is CCCC(CCC)C(=O)OC(C(O)CO)C(O)CC(C)N=CNO. The topological polar surface area (TPSA) is 132 Å². The number of rotatable bonds is 13. The highest BCUT2D eigenvalue weighted by atomic mass is 16.6. The van der Waals surface area contributed by atoms with Gasteiger partial charge in [-0.2, -0.15) is 0 Å². The van der Waals surface area contributed by atoms with E-state index in [1.165, 1.54) is 0 Å². The third kappa shape index (κ3) is 8.58. The van der Waals surface area contributed by atoms with E-state index in [4.69, 9.17) is 15.1 Å². The van der Waals surface area contributed by atoms with Crippen molar-refractivity contribution in [3.8, 4) is 0 Å². The van der Waals surface area contributed by atoms with Crippen molar-refractivity contribution in [2.75, 3.05) is 6.61 Å². The number of nitrogens with one attached hydrogen (secondary N) is 1. The van der Waals surface area contributed by atoms with Crippen LogP contribution >= 0.6 is 0 Å². The number of nitrogens with zero attached hydrogens (tertiary/aromatic N) is 1. The van der Waals surface area contributed by atoms with E-state index >= 15 is 0 Å². The minimum Gasteiger partial charge on any atom is -0.457 e. The molecule has 0 saturated heterocycles. The molecule has 0 saturated carbocycles. The van der Waals surface area contributed by atoms with E-state index < -0.39 is 30.9 Å². The zero-order valence-electron chi connectivity index (χ0n) is 14.8. The molecule has 0 aliphatic heterocycles. The van der Waals surface area contributed by atoms with Crippen molar-refractivity contribution < 1.29 is 30.1 Å². The average molecular weight is 348 g/mol. The maximum absolute atomic E-state index is 12.3. The second-order valence-corrected chi connectivity index (χ2v) is 5.99. The van der Waals surface area contributed by atoms with Crippen LogP contribution in [0.2, 0.25) is 0 Å². The van der Waals surface area contributed by atoms with Gasteiger partial charge in [-0.1, -0.05) is 26.7 Å². The molecule has 142 valence electrons. The van der Waals surface area contributed by atoms with Crippen LogP contribution < -0.4 is 5.48 Å². The highest BCUT2D eigenvalue weighted by Gasteiger charge is 2.33. The van der Waals surface area contributed by atoms with E-state index in [9.17, 15) is 15.0 Å². The average Bonchev–Trinajstić information content (AvgIpc) is 2.56. The summed E-state index contributed by atoms with van der Waals surface area (Å²) < 4.78 is 5.32. The molecule has 0 radical (unpaired) electrons. The van der Waals surface area contributed by atoms with Gasteiger partial charge in [0.2, 0.25) is 0 Å². The van der Waals surface area contributed by atoms with Crippen LogP contribution in [0.5, 0.6) is 0 Å². The van der Waals surface area contributed by atoms with Gasteiger partial charge in [-0.15, -0.1) is 0 Å². The molecule has 0 fully saturated rings. The van der Waals surface area contributed by atoms with Crippen molar-refractivity contribution in [3.63, 3.8) is 0 Å². The van der Waals surface area contributed by atoms with Gasteiger partial charge in [-0.3, -0.25) is 20.5 Å². The van der Waals surface area contributed by atoms with E-state index in [-0.39, 0.29) is 18.4 Å². The minimum absolute atomic E-state index is 0.0966. The number of hydrogen-bond donors (Lipinski definition) is 5. The summed E-state index contributed by atoms with van der Waals surface area (Å²) in [5.41, 5.74) is 1.76. The molecule has 0 rings (SSSR count). The van der Waals surface area contributed by atoms with Crippen LogP contribution in [0.25, 0.3) is 0 Å². The largest absolute Gasteiger partial charge is 0.457 e. The van der Waals surface area contributed by atoms with Crippen LogP contribution in [0.3, 0.4) is 0 Å². The Bertz CT molecular complexity index is 360. The van der Waals surface area contributed by atoms with Crippen LogP contribution in [-0.2, 0) is 9.53 Å². The summed E-state index contributed by atoms with van der Waals surface area (Å²) in [6.45, 7) is 5.01. The zero-order chi connectivity index (χ0) is 18.5. The van der Waals surface area contributed by atoms with Crippen molar-refractivity contribution >= 4 is 12.3 Å².